The van der Waals surface area contributed by atoms with E-state index in [1.165, 1.54) is 0 Å². The molecule has 0 saturated heterocycles. The number of H-pyrrole nitrogens is 1. The lowest BCUT2D eigenvalue weighted by Crippen LogP contribution is -2.30. The van der Waals surface area contributed by atoms with Gasteiger partial charge in [0.1, 0.15) is 5.82 Å². The number of carbonyl (C=O) groups excluding carboxylic acids is 2. The van der Waals surface area contributed by atoms with Crippen molar-refractivity contribution in [1.29, 1.82) is 0 Å². The zero-order chi connectivity index (χ0) is 18.5. The number of hydrogen-bond acceptors (Lipinski definition) is 4. The van der Waals surface area contributed by atoms with Crippen molar-refractivity contribution in [3.05, 3.63) is 72.1 Å². The number of carbonyl (C=O) groups is 2. The van der Waals surface area contributed by atoms with Crippen LogP contribution in [-0.2, 0) is 9.53 Å². The summed E-state index contributed by atoms with van der Waals surface area (Å²) in [6.07, 6.45) is 2.48. The van der Waals surface area contributed by atoms with Gasteiger partial charge >= 0.3 is 5.97 Å². The lowest BCUT2D eigenvalue weighted by molar-refractivity contribution is -0.123. The number of ether oxygens (including phenoxy) is 1. The number of para-hydroxylation sites is 1. The maximum atomic E-state index is 12.3. The lowest BCUT2D eigenvalue weighted by atomic mass is 10.1. The molecule has 0 aliphatic rings. The monoisotopic (exact) mass is 349 g/mol. The fourth-order valence-corrected chi connectivity index (χ4v) is 2.42. The normalized spacial score (nSPS) is 11.6. The van der Waals surface area contributed by atoms with Gasteiger partial charge in [-0.05, 0) is 37.6 Å². The highest BCUT2D eigenvalue weighted by molar-refractivity contribution is 5.97. The van der Waals surface area contributed by atoms with E-state index in [1.807, 2.05) is 25.1 Å². The quantitative estimate of drug-likeness (QED) is 0.690. The van der Waals surface area contributed by atoms with E-state index in [0.29, 0.717) is 11.3 Å². The first-order valence-electron chi connectivity index (χ1n) is 8.22. The Balaban J connectivity index is 1.61. The molecule has 2 aromatic carbocycles. The van der Waals surface area contributed by atoms with Crippen molar-refractivity contribution in [1.82, 2.24) is 9.97 Å². The molecule has 3 rings (SSSR count). The van der Waals surface area contributed by atoms with Gasteiger partial charge in [0.15, 0.2) is 6.10 Å². The molecule has 132 valence electrons. The summed E-state index contributed by atoms with van der Waals surface area (Å²) in [5.41, 5.74) is 2.86. The van der Waals surface area contributed by atoms with E-state index >= 15 is 0 Å². The molecule has 2 N–H and O–H groups in total. The van der Waals surface area contributed by atoms with E-state index in [0.717, 1.165) is 17.0 Å². The summed E-state index contributed by atoms with van der Waals surface area (Å²) in [5.74, 6) is -0.209. The summed E-state index contributed by atoms with van der Waals surface area (Å²) in [6.45, 7) is 3.44. The van der Waals surface area contributed by atoms with E-state index in [2.05, 4.69) is 15.3 Å². The summed E-state index contributed by atoms with van der Waals surface area (Å²) in [5, 5.41) is 2.77. The first-order chi connectivity index (χ1) is 12.5. The van der Waals surface area contributed by atoms with Gasteiger partial charge in [0.2, 0.25) is 0 Å². The predicted molar refractivity (Wildman–Crippen MR) is 98.7 cm³/mol. The van der Waals surface area contributed by atoms with Gasteiger partial charge in [-0.25, -0.2) is 9.78 Å². The van der Waals surface area contributed by atoms with Crippen LogP contribution in [0.5, 0.6) is 0 Å². The summed E-state index contributed by atoms with van der Waals surface area (Å²) in [4.78, 5) is 31.6. The fourth-order valence-electron chi connectivity index (χ4n) is 2.42. The number of nitrogens with one attached hydrogen (secondary N) is 2. The lowest BCUT2D eigenvalue weighted by Gasteiger charge is -2.14. The Labute approximate surface area is 151 Å². The van der Waals surface area contributed by atoms with E-state index in [1.54, 1.807) is 49.6 Å². The number of rotatable bonds is 5. The Kier molecular flexibility index (Phi) is 5.12. The number of imidazole rings is 1. The number of aromatic amines is 1. The molecular weight excluding hydrogens is 330 g/mol. The summed E-state index contributed by atoms with van der Waals surface area (Å²) in [7, 11) is 0. The topological polar surface area (TPSA) is 84.1 Å². The van der Waals surface area contributed by atoms with Gasteiger partial charge in [-0.1, -0.05) is 30.3 Å². The van der Waals surface area contributed by atoms with Crippen LogP contribution < -0.4 is 5.32 Å². The molecule has 6 heteroatoms. The molecule has 1 heterocycles. The Morgan fingerprint density at radius 2 is 1.85 bits per heavy atom. The molecule has 1 unspecified atom stereocenters. The highest BCUT2D eigenvalue weighted by Crippen LogP contribution is 2.17. The molecule has 1 atom stereocenters. The number of aryl methyl sites for hydroxylation is 1. The molecule has 0 aliphatic heterocycles. The van der Waals surface area contributed by atoms with Gasteiger partial charge in [0, 0.05) is 23.6 Å². The van der Waals surface area contributed by atoms with Crippen molar-refractivity contribution in [2.24, 2.45) is 0 Å². The van der Waals surface area contributed by atoms with Gasteiger partial charge < -0.3 is 15.0 Å². The van der Waals surface area contributed by atoms with Gasteiger partial charge in [-0.3, -0.25) is 4.79 Å². The Bertz CT molecular complexity index is 902. The second-order valence-electron chi connectivity index (χ2n) is 5.87. The van der Waals surface area contributed by atoms with Crippen LogP contribution in [0.1, 0.15) is 22.8 Å². The predicted octanol–water partition coefficient (Wildman–Crippen LogP) is 3.57. The number of aromatic nitrogens is 2. The number of esters is 1. The third kappa shape index (κ3) is 3.97. The highest BCUT2D eigenvalue weighted by atomic mass is 16.5. The van der Waals surface area contributed by atoms with Crippen molar-refractivity contribution in [3.63, 3.8) is 0 Å². The number of benzene rings is 2. The minimum absolute atomic E-state index is 0.371. The van der Waals surface area contributed by atoms with Crippen molar-refractivity contribution >= 4 is 17.6 Å². The van der Waals surface area contributed by atoms with Crippen molar-refractivity contribution in [2.45, 2.75) is 20.0 Å². The summed E-state index contributed by atoms with van der Waals surface area (Å²) >= 11 is 0. The van der Waals surface area contributed by atoms with Crippen LogP contribution in [0.25, 0.3) is 11.4 Å². The van der Waals surface area contributed by atoms with Crippen LogP contribution in [0.3, 0.4) is 0 Å². The van der Waals surface area contributed by atoms with Crippen molar-refractivity contribution in [2.75, 3.05) is 5.32 Å². The summed E-state index contributed by atoms with van der Waals surface area (Å²) < 4.78 is 5.27. The van der Waals surface area contributed by atoms with E-state index in [4.69, 9.17) is 4.74 Å². The van der Waals surface area contributed by atoms with E-state index in [-0.39, 0.29) is 5.91 Å². The average molecular weight is 349 g/mol. The minimum atomic E-state index is -0.910. The second kappa shape index (κ2) is 7.65. The van der Waals surface area contributed by atoms with Crippen molar-refractivity contribution in [3.8, 4) is 11.4 Å². The Morgan fingerprint density at radius 1 is 1.12 bits per heavy atom. The SMILES string of the molecule is Cc1ccccc1NC(=O)C(C)OC(=O)c1ccc(-c2ncc[nH]2)cc1. The van der Waals surface area contributed by atoms with Crippen LogP contribution in [0.15, 0.2) is 60.9 Å². The fraction of sp³-hybridized carbons (Fsp3) is 0.150. The number of anilines is 1. The van der Waals surface area contributed by atoms with Crippen LogP contribution in [0.2, 0.25) is 0 Å². The molecular formula is C20H19N3O3. The largest absolute Gasteiger partial charge is 0.449 e. The molecule has 0 saturated carbocycles. The third-order valence-electron chi connectivity index (χ3n) is 3.95. The standard InChI is InChI=1S/C20H19N3O3/c1-13-5-3-4-6-17(13)23-19(24)14(2)26-20(25)16-9-7-15(8-10-16)18-21-11-12-22-18/h3-12,14H,1-2H3,(H,21,22)(H,23,24). The first-order valence-corrected chi connectivity index (χ1v) is 8.22. The maximum Gasteiger partial charge on any atom is 0.338 e. The van der Waals surface area contributed by atoms with Crippen LogP contribution in [0.4, 0.5) is 5.69 Å². The van der Waals surface area contributed by atoms with Gasteiger partial charge in [-0.15, -0.1) is 0 Å². The molecule has 3 aromatic rings. The molecule has 0 bridgehead atoms. The third-order valence-corrected chi connectivity index (χ3v) is 3.95. The zero-order valence-corrected chi connectivity index (χ0v) is 14.5. The van der Waals surface area contributed by atoms with Gasteiger partial charge in [0.25, 0.3) is 5.91 Å². The van der Waals surface area contributed by atoms with Gasteiger partial charge in [0.05, 0.1) is 5.56 Å². The number of hydrogen-bond donors (Lipinski definition) is 2. The van der Waals surface area contributed by atoms with Crippen LogP contribution >= 0.6 is 0 Å². The molecule has 0 aliphatic carbocycles. The second-order valence-corrected chi connectivity index (χ2v) is 5.87. The van der Waals surface area contributed by atoms with Crippen LogP contribution in [-0.4, -0.2) is 27.9 Å². The molecule has 26 heavy (non-hydrogen) atoms. The average Bonchev–Trinajstić information content (AvgIpc) is 3.18. The number of nitrogens with zero attached hydrogens (tertiary/aromatic N) is 1. The Hall–Kier alpha value is -3.41. The molecule has 0 fully saturated rings. The highest BCUT2D eigenvalue weighted by Gasteiger charge is 2.19. The zero-order valence-electron chi connectivity index (χ0n) is 14.5. The van der Waals surface area contributed by atoms with E-state index in [9.17, 15) is 9.59 Å². The molecule has 6 nitrogen and oxygen atoms in total. The maximum absolute atomic E-state index is 12.3. The number of amides is 1. The molecule has 0 spiro atoms. The molecule has 1 amide bonds. The van der Waals surface area contributed by atoms with Crippen molar-refractivity contribution < 1.29 is 14.3 Å². The first kappa shape index (κ1) is 17.4. The van der Waals surface area contributed by atoms with Crippen LogP contribution in [0, 0.1) is 6.92 Å². The minimum Gasteiger partial charge on any atom is -0.449 e. The smallest absolute Gasteiger partial charge is 0.338 e. The van der Waals surface area contributed by atoms with Gasteiger partial charge in [-0.2, -0.15) is 0 Å². The molecule has 0 radical (unpaired) electrons. The Morgan fingerprint density at radius 3 is 2.50 bits per heavy atom. The summed E-state index contributed by atoms with van der Waals surface area (Å²) in [6, 6.07) is 14.3. The molecule has 1 aromatic heterocycles. The van der Waals surface area contributed by atoms with E-state index < -0.39 is 12.1 Å².